The molecule has 0 aromatic carbocycles. The first-order valence-corrected chi connectivity index (χ1v) is 9.43. The van der Waals surface area contributed by atoms with E-state index in [-0.39, 0.29) is 30.1 Å². The molecule has 2 atom stereocenters. The van der Waals surface area contributed by atoms with Gasteiger partial charge in [0.2, 0.25) is 5.91 Å². The molecule has 0 radical (unpaired) electrons. The highest BCUT2D eigenvalue weighted by Gasteiger charge is 2.30. The molecule has 1 N–H and O–H groups in total. The van der Waals surface area contributed by atoms with Gasteiger partial charge in [-0.05, 0) is 44.2 Å². The van der Waals surface area contributed by atoms with Gasteiger partial charge in [0.15, 0.2) is 0 Å². The monoisotopic (exact) mass is 371 g/mol. The summed E-state index contributed by atoms with van der Waals surface area (Å²) in [4.78, 5) is 29.1. The van der Waals surface area contributed by atoms with E-state index >= 15 is 0 Å². The van der Waals surface area contributed by atoms with Crippen molar-refractivity contribution in [3.63, 3.8) is 0 Å². The third kappa shape index (κ3) is 4.49. The van der Waals surface area contributed by atoms with E-state index in [1.807, 2.05) is 26.6 Å². The van der Waals surface area contributed by atoms with Crippen molar-refractivity contribution in [2.75, 3.05) is 32.7 Å². The molecule has 0 unspecified atom stereocenters. The molecule has 24 heavy (non-hydrogen) atoms. The van der Waals surface area contributed by atoms with Gasteiger partial charge in [-0.1, -0.05) is 0 Å². The molecule has 1 aromatic heterocycles. The van der Waals surface area contributed by atoms with E-state index in [4.69, 9.17) is 0 Å². The van der Waals surface area contributed by atoms with Gasteiger partial charge in [-0.15, -0.1) is 12.4 Å². The van der Waals surface area contributed by atoms with E-state index in [1.165, 1.54) is 0 Å². The number of carbonyl (C=O) groups is 2. The van der Waals surface area contributed by atoms with Gasteiger partial charge in [-0.25, -0.2) is 0 Å². The molecule has 0 spiro atoms. The molecule has 3 rings (SSSR count). The van der Waals surface area contributed by atoms with Crippen molar-refractivity contribution in [3.8, 4) is 0 Å². The highest BCUT2D eigenvalue weighted by Crippen LogP contribution is 2.20. The van der Waals surface area contributed by atoms with Crippen molar-refractivity contribution in [1.29, 1.82) is 0 Å². The van der Waals surface area contributed by atoms with Crippen LogP contribution < -0.4 is 5.32 Å². The van der Waals surface area contributed by atoms with Gasteiger partial charge in [0.1, 0.15) is 0 Å². The van der Waals surface area contributed by atoms with Crippen molar-refractivity contribution in [3.05, 3.63) is 22.4 Å². The number of piperidine rings is 1. The Morgan fingerprint density at radius 2 is 1.96 bits per heavy atom. The zero-order valence-corrected chi connectivity index (χ0v) is 15.7. The Morgan fingerprint density at radius 1 is 1.21 bits per heavy atom. The molecule has 5 nitrogen and oxygen atoms in total. The van der Waals surface area contributed by atoms with Gasteiger partial charge in [0.05, 0.1) is 5.56 Å². The fourth-order valence-corrected chi connectivity index (χ4v) is 4.15. The molecule has 7 heteroatoms. The molecule has 2 aliphatic rings. The molecule has 0 bridgehead atoms. The molecule has 2 aliphatic heterocycles. The van der Waals surface area contributed by atoms with Crippen LogP contribution in [-0.2, 0) is 4.79 Å². The number of nitrogens with zero attached hydrogens (tertiary/aromatic N) is 2. The molecule has 0 aliphatic carbocycles. The Labute approximate surface area is 153 Å². The van der Waals surface area contributed by atoms with Crippen molar-refractivity contribution < 1.29 is 9.59 Å². The smallest absolute Gasteiger partial charge is 0.254 e. The lowest BCUT2D eigenvalue weighted by molar-refractivity contribution is -0.136. The normalized spacial score (nSPS) is 24.9. The Morgan fingerprint density at radius 3 is 2.67 bits per heavy atom. The highest BCUT2D eigenvalue weighted by molar-refractivity contribution is 7.08. The second-order valence-corrected chi connectivity index (χ2v) is 7.34. The number of halogens is 1. The van der Waals surface area contributed by atoms with Crippen LogP contribution in [0.25, 0.3) is 0 Å². The standard InChI is InChI=1S/C17H25N3O2S.ClH/c1-13-11-14(3-5-18-13)16(21)19-6-2-7-20(9-8-19)17(22)15-4-10-23-12-15;/h4,10,12-14,18H,2-3,5-9,11H2,1H3;1H/t13-,14-;/m0./s1. The number of amides is 2. The summed E-state index contributed by atoms with van der Waals surface area (Å²) in [6.45, 7) is 5.87. The fraction of sp³-hybridized carbons (Fsp3) is 0.647. The number of rotatable bonds is 2. The predicted molar refractivity (Wildman–Crippen MR) is 98.9 cm³/mol. The van der Waals surface area contributed by atoms with Gasteiger partial charge in [-0.3, -0.25) is 9.59 Å². The molecule has 3 heterocycles. The van der Waals surface area contributed by atoms with Gasteiger partial charge in [0, 0.05) is 43.5 Å². The second kappa shape index (κ2) is 8.83. The minimum Gasteiger partial charge on any atom is -0.341 e. The van der Waals surface area contributed by atoms with Crippen LogP contribution in [0, 0.1) is 5.92 Å². The largest absolute Gasteiger partial charge is 0.341 e. The zero-order chi connectivity index (χ0) is 16.2. The minimum atomic E-state index is 0. The third-order valence-electron chi connectivity index (χ3n) is 4.84. The minimum absolute atomic E-state index is 0. The highest BCUT2D eigenvalue weighted by atomic mass is 35.5. The summed E-state index contributed by atoms with van der Waals surface area (Å²) >= 11 is 1.54. The number of carbonyl (C=O) groups excluding carboxylic acids is 2. The number of hydrogen-bond donors (Lipinski definition) is 1. The maximum absolute atomic E-state index is 12.8. The Hall–Kier alpha value is -1.11. The maximum atomic E-state index is 12.8. The molecular weight excluding hydrogens is 346 g/mol. The summed E-state index contributed by atoms with van der Waals surface area (Å²) in [5.74, 6) is 0.518. The summed E-state index contributed by atoms with van der Waals surface area (Å²) in [5, 5.41) is 7.22. The average molecular weight is 372 g/mol. The van der Waals surface area contributed by atoms with Crippen LogP contribution in [0.3, 0.4) is 0 Å². The van der Waals surface area contributed by atoms with Crippen molar-refractivity contribution in [1.82, 2.24) is 15.1 Å². The summed E-state index contributed by atoms with van der Waals surface area (Å²) in [7, 11) is 0. The first kappa shape index (κ1) is 19.2. The van der Waals surface area contributed by atoms with Crippen LogP contribution in [0.1, 0.15) is 36.5 Å². The Kier molecular flexibility index (Phi) is 7.07. The quantitative estimate of drug-likeness (QED) is 0.867. The van der Waals surface area contributed by atoms with E-state index in [2.05, 4.69) is 12.2 Å². The van der Waals surface area contributed by atoms with Gasteiger partial charge < -0.3 is 15.1 Å². The number of hydrogen-bond acceptors (Lipinski definition) is 4. The third-order valence-corrected chi connectivity index (χ3v) is 5.52. The van der Waals surface area contributed by atoms with Crippen LogP contribution in [0.5, 0.6) is 0 Å². The molecule has 134 valence electrons. The molecule has 0 saturated carbocycles. The number of nitrogens with one attached hydrogen (secondary N) is 1. The first-order chi connectivity index (χ1) is 11.1. The van der Waals surface area contributed by atoms with E-state index in [0.717, 1.165) is 44.5 Å². The molecule has 2 amide bonds. The Bertz CT molecular complexity index is 552. The summed E-state index contributed by atoms with van der Waals surface area (Å²) in [5.41, 5.74) is 0.766. The lowest BCUT2D eigenvalue weighted by Gasteiger charge is -2.31. The van der Waals surface area contributed by atoms with E-state index in [0.29, 0.717) is 19.1 Å². The predicted octanol–water partition coefficient (Wildman–Crippen LogP) is 2.23. The lowest BCUT2D eigenvalue weighted by Crippen LogP contribution is -2.45. The van der Waals surface area contributed by atoms with Crippen LogP contribution >= 0.6 is 23.7 Å². The van der Waals surface area contributed by atoms with Crippen LogP contribution in [0.4, 0.5) is 0 Å². The topological polar surface area (TPSA) is 52.7 Å². The van der Waals surface area contributed by atoms with Gasteiger partial charge in [0.25, 0.3) is 5.91 Å². The second-order valence-electron chi connectivity index (χ2n) is 6.56. The van der Waals surface area contributed by atoms with E-state index in [9.17, 15) is 9.59 Å². The summed E-state index contributed by atoms with van der Waals surface area (Å²) in [6, 6.07) is 2.29. The summed E-state index contributed by atoms with van der Waals surface area (Å²) in [6.07, 6.45) is 2.71. The van der Waals surface area contributed by atoms with Crippen molar-refractivity contribution in [2.45, 2.75) is 32.2 Å². The summed E-state index contributed by atoms with van der Waals surface area (Å²) < 4.78 is 0. The lowest BCUT2D eigenvalue weighted by atomic mass is 9.92. The average Bonchev–Trinajstić information content (AvgIpc) is 2.98. The molecule has 2 fully saturated rings. The Balaban J connectivity index is 0.00000208. The fourth-order valence-electron chi connectivity index (χ4n) is 3.52. The number of thiophene rings is 1. The first-order valence-electron chi connectivity index (χ1n) is 8.49. The van der Waals surface area contributed by atoms with Crippen molar-refractivity contribution in [2.24, 2.45) is 5.92 Å². The van der Waals surface area contributed by atoms with E-state index in [1.54, 1.807) is 11.3 Å². The van der Waals surface area contributed by atoms with Gasteiger partial charge in [-0.2, -0.15) is 11.3 Å². The van der Waals surface area contributed by atoms with Crippen molar-refractivity contribution >= 4 is 35.6 Å². The van der Waals surface area contributed by atoms with E-state index < -0.39 is 0 Å². The molecular formula is C17H26ClN3O2S. The van der Waals surface area contributed by atoms with Crippen LogP contribution in [0.15, 0.2) is 16.8 Å². The molecule has 1 aromatic rings. The SMILES string of the molecule is C[C@H]1C[C@@H](C(=O)N2CCCN(C(=O)c3ccsc3)CC2)CCN1.Cl. The van der Waals surface area contributed by atoms with Gasteiger partial charge >= 0.3 is 0 Å². The maximum Gasteiger partial charge on any atom is 0.254 e. The van der Waals surface area contributed by atoms with Crippen LogP contribution in [-0.4, -0.2) is 60.4 Å². The van der Waals surface area contributed by atoms with Crippen LogP contribution in [0.2, 0.25) is 0 Å². The zero-order valence-electron chi connectivity index (χ0n) is 14.1. The molecule has 2 saturated heterocycles.